The molecule has 1 amide bonds. The first-order valence-corrected chi connectivity index (χ1v) is 7.14. The molecular weight excluding hydrogens is 244 g/mol. The predicted octanol–water partition coefficient (Wildman–Crippen LogP) is 0.847. The fourth-order valence-electron chi connectivity index (χ4n) is 2.28. The number of amidine groups is 1. The predicted molar refractivity (Wildman–Crippen MR) is 75.2 cm³/mol. The quantitative estimate of drug-likeness (QED) is 0.236. The molecule has 1 fully saturated rings. The number of unbranched alkanes of at least 4 members (excludes halogenated alkanes) is 3. The Morgan fingerprint density at radius 2 is 1.89 bits per heavy atom. The van der Waals surface area contributed by atoms with E-state index in [2.05, 4.69) is 17.0 Å². The van der Waals surface area contributed by atoms with Crippen molar-refractivity contribution in [1.29, 1.82) is 0 Å². The molecule has 1 aliphatic rings. The summed E-state index contributed by atoms with van der Waals surface area (Å²) in [4.78, 5) is 16.0. The average Bonchev–Trinajstić information content (AvgIpc) is 2.44. The SMILES string of the molecule is CCCCCCC(=O)N1CCN(CC(N)=NO)CC1. The van der Waals surface area contributed by atoms with Crippen molar-refractivity contribution in [2.75, 3.05) is 32.7 Å². The fourth-order valence-corrected chi connectivity index (χ4v) is 2.28. The van der Waals surface area contributed by atoms with Gasteiger partial charge in [-0.2, -0.15) is 0 Å². The maximum Gasteiger partial charge on any atom is 0.222 e. The number of nitrogens with zero attached hydrogens (tertiary/aromatic N) is 3. The molecule has 0 aromatic heterocycles. The number of amides is 1. The van der Waals surface area contributed by atoms with Gasteiger partial charge in [-0.25, -0.2) is 0 Å². The summed E-state index contributed by atoms with van der Waals surface area (Å²) < 4.78 is 0. The largest absolute Gasteiger partial charge is 0.409 e. The van der Waals surface area contributed by atoms with Crippen molar-refractivity contribution < 1.29 is 10.0 Å². The number of piperazine rings is 1. The highest BCUT2D eigenvalue weighted by atomic mass is 16.4. The molecule has 0 saturated carbocycles. The van der Waals surface area contributed by atoms with Crippen LogP contribution in [0.15, 0.2) is 5.16 Å². The van der Waals surface area contributed by atoms with E-state index in [0.29, 0.717) is 13.0 Å². The van der Waals surface area contributed by atoms with Crippen molar-refractivity contribution in [3.05, 3.63) is 0 Å². The van der Waals surface area contributed by atoms with Crippen LogP contribution in [0.1, 0.15) is 39.0 Å². The first-order chi connectivity index (χ1) is 9.17. The first kappa shape index (κ1) is 15.8. The fraction of sp³-hybridized carbons (Fsp3) is 0.846. The average molecular weight is 270 g/mol. The summed E-state index contributed by atoms with van der Waals surface area (Å²) in [5, 5.41) is 11.5. The van der Waals surface area contributed by atoms with Gasteiger partial charge in [-0.05, 0) is 6.42 Å². The highest BCUT2D eigenvalue weighted by molar-refractivity contribution is 5.81. The summed E-state index contributed by atoms with van der Waals surface area (Å²) in [5.41, 5.74) is 5.47. The third-order valence-corrected chi connectivity index (χ3v) is 3.48. The van der Waals surface area contributed by atoms with Gasteiger partial charge in [0.15, 0.2) is 5.84 Å². The molecule has 0 aromatic rings. The van der Waals surface area contributed by atoms with Crippen LogP contribution in [0.4, 0.5) is 0 Å². The zero-order valence-corrected chi connectivity index (χ0v) is 11.8. The van der Waals surface area contributed by atoms with Gasteiger partial charge in [-0.1, -0.05) is 31.3 Å². The minimum absolute atomic E-state index is 0.222. The van der Waals surface area contributed by atoms with Gasteiger partial charge in [0, 0.05) is 32.6 Å². The third kappa shape index (κ3) is 5.92. The van der Waals surface area contributed by atoms with E-state index in [-0.39, 0.29) is 11.7 Å². The van der Waals surface area contributed by atoms with Crippen molar-refractivity contribution in [2.45, 2.75) is 39.0 Å². The number of hydrogen-bond acceptors (Lipinski definition) is 4. The normalized spacial score (nSPS) is 17.7. The Morgan fingerprint density at radius 1 is 1.21 bits per heavy atom. The van der Waals surface area contributed by atoms with E-state index in [1.54, 1.807) is 0 Å². The summed E-state index contributed by atoms with van der Waals surface area (Å²) in [7, 11) is 0. The molecule has 0 aromatic carbocycles. The number of carbonyl (C=O) groups excluding carboxylic acids is 1. The number of carbonyl (C=O) groups is 1. The smallest absolute Gasteiger partial charge is 0.222 e. The van der Waals surface area contributed by atoms with E-state index in [0.717, 1.165) is 39.0 Å². The second-order valence-corrected chi connectivity index (χ2v) is 5.06. The lowest BCUT2D eigenvalue weighted by Crippen LogP contribution is -2.50. The molecule has 0 bridgehead atoms. The number of rotatable bonds is 7. The zero-order chi connectivity index (χ0) is 14.1. The molecule has 1 rings (SSSR count). The first-order valence-electron chi connectivity index (χ1n) is 7.14. The molecule has 6 nitrogen and oxygen atoms in total. The van der Waals surface area contributed by atoms with E-state index in [4.69, 9.17) is 10.9 Å². The summed E-state index contributed by atoms with van der Waals surface area (Å²) in [5.74, 6) is 0.485. The van der Waals surface area contributed by atoms with Crippen LogP contribution in [0.2, 0.25) is 0 Å². The van der Waals surface area contributed by atoms with Crippen LogP contribution >= 0.6 is 0 Å². The topological polar surface area (TPSA) is 82.2 Å². The lowest BCUT2D eigenvalue weighted by atomic mass is 10.1. The molecule has 0 unspecified atom stereocenters. The minimum atomic E-state index is 0.222. The molecule has 0 atom stereocenters. The summed E-state index contributed by atoms with van der Waals surface area (Å²) in [6.07, 6.45) is 5.21. The second kappa shape index (κ2) is 8.74. The van der Waals surface area contributed by atoms with E-state index in [1.807, 2.05) is 4.90 Å². The van der Waals surface area contributed by atoms with Gasteiger partial charge >= 0.3 is 0 Å². The molecule has 0 aliphatic carbocycles. The van der Waals surface area contributed by atoms with Gasteiger partial charge in [0.1, 0.15) is 0 Å². The van der Waals surface area contributed by atoms with Crippen LogP contribution in [0, 0.1) is 0 Å². The monoisotopic (exact) mass is 270 g/mol. The van der Waals surface area contributed by atoms with Gasteiger partial charge in [0.2, 0.25) is 5.91 Å². The molecule has 1 saturated heterocycles. The van der Waals surface area contributed by atoms with Crippen molar-refractivity contribution >= 4 is 11.7 Å². The third-order valence-electron chi connectivity index (χ3n) is 3.48. The number of oxime groups is 1. The maximum absolute atomic E-state index is 12.0. The Hall–Kier alpha value is -1.30. The van der Waals surface area contributed by atoms with Crippen LogP contribution < -0.4 is 5.73 Å². The maximum atomic E-state index is 12.0. The van der Waals surface area contributed by atoms with Crippen LogP contribution in [0.3, 0.4) is 0 Å². The second-order valence-electron chi connectivity index (χ2n) is 5.06. The number of hydrogen-bond donors (Lipinski definition) is 2. The lowest BCUT2D eigenvalue weighted by Gasteiger charge is -2.34. The van der Waals surface area contributed by atoms with Crippen LogP contribution in [-0.4, -0.2) is 59.5 Å². The summed E-state index contributed by atoms with van der Waals surface area (Å²) in [6.45, 7) is 5.70. The summed E-state index contributed by atoms with van der Waals surface area (Å²) in [6, 6.07) is 0. The van der Waals surface area contributed by atoms with Gasteiger partial charge in [0.05, 0.1) is 6.54 Å². The van der Waals surface area contributed by atoms with Gasteiger partial charge in [-0.3, -0.25) is 9.69 Å². The van der Waals surface area contributed by atoms with Crippen molar-refractivity contribution in [3.63, 3.8) is 0 Å². The molecule has 1 heterocycles. The molecule has 6 heteroatoms. The molecule has 0 radical (unpaired) electrons. The van der Waals surface area contributed by atoms with E-state index in [1.165, 1.54) is 12.8 Å². The molecule has 0 spiro atoms. The Labute approximate surface area is 115 Å². The minimum Gasteiger partial charge on any atom is -0.409 e. The number of nitrogens with two attached hydrogens (primary N) is 1. The zero-order valence-electron chi connectivity index (χ0n) is 11.8. The molecular formula is C13H26N4O2. The van der Waals surface area contributed by atoms with E-state index < -0.39 is 0 Å². The van der Waals surface area contributed by atoms with Crippen molar-refractivity contribution in [2.24, 2.45) is 10.9 Å². The standard InChI is InChI=1S/C13H26N4O2/c1-2-3-4-5-6-13(18)17-9-7-16(8-10-17)11-12(14)15-19/h19H,2-11H2,1H3,(H2,14,15). The van der Waals surface area contributed by atoms with Crippen molar-refractivity contribution in [3.8, 4) is 0 Å². The van der Waals surface area contributed by atoms with Crippen LogP contribution in [0.5, 0.6) is 0 Å². The lowest BCUT2D eigenvalue weighted by molar-refractivity contribution is -0.132. The van der Waals surface area contributed by atoms with Crippen molar-refractivity contribution in [1.82, 2.24) is 9.80 Å². The Balaban J connectivity index is 2.20. The highest BCUT2D eigenvalue weighted by Crippen LogP contribution is 2.08. The summed E-state index contributed by atoms with van der Waals surface area (Å²) >= 11 is 0. The Kier molecular flexibility index (Phi) is 7.25. The van der Waals surface area contributed by atoms with Gasteiger partial charge in [0.25, 0.3) is 0 Å². The molecule has 110 valence electrons. The Bertz CT molecular complexity index is 299. The highest BCUT2D eigenvalue weighted by Gasteiger charge is 2.20. The van der Waals surface area contributed by atoms with Gasteiger partial charge < -0.3 is 15.8 Å². The molecule has 19 heavy (non-hydrogen) atoms. The van der Waals surface area contributed by atoms with Gasteiger partial charge in [-0.15, -0.1) is 0 Å². The van der Waals surface area contributed by atoms with E-state index in [9.17, 15) is 4.79 Å². The van der Waals surface area contributed by atoms with Crippen LogP contribution in [0.25, 0.3) is 0 Å². The van der Waals surface area contributed by atoms with Crippen LogP contribution in [-0.2, 0) is 4.79 Å². The molecule has 1 aliphatic heterocycles. The molecule has 3 N–H and O–H groups in total. The van der Waals surface area contributed by atoms with E-state index >= 15 is 0 Å². The Morgan fingerprint density at radius 3 is 2.47 bits per heavy atom.